The molecule has 0 saturated heterocycles. The van der Waals surface area contributed by atoms with Gasteiger partial charge in [-0.15, -0.1) is 0 Å². The zero-order valence-electron chi connectivity index (χ0n) is 11.8. The molecule has 2 aromatic heterocycles. The lowest BCUT2D eigenvalue weighted by Gasteiger charge is -2.21. The maximum Gasteiger partial charge on any atom is 0.507 e. The first-order valence-electron chi connectivity index (χ1n) is 6.83. The maximum absolute atomic E-state index is 12.5. The van der Waals surface area contributed by atoms with Crippen molar-refractivity contribution in [1.82, 2.24) is 19.3 Å². The van der Waals surface area contributed by atoms with Crippen molar-refractivity contribution in [2.75, 3.05) is 0 Å². The van der Waals surface area contributed by atoms with Crippen LogP contribution < -0.4 is 5.69 Å². The lowest BCUT2D eigenvalue weighted by Crippen LogP contribution is -2.33. The number of rotatable bonds is 3. The van der Waals surface area contributed by atoms with Gasteiger partial charge in [-0.3, -0.25) is 4.98 Å². The number of ether oxygens (including phenoxy) is 1. The van der Waals surface area contributed by atoms with Crippen LogP contribution in [0, 0.1) is 0 Å². The van der Waals surface area contributed by atoms with E-state index in [-0.39, 0.29) is 6.54 Å². The van der Waals surface area contributed by atoms with Crippen LogP contribution in [0.1, 0.15) is 30.6 Å². The molecule has 2 aromatic rings. The molecule has 8 nitrogen and oxygen atoms in total. The minimum atomic E-state index is -1.43. The van der Waals surface area contributed by atoms with Crippen molar-refractivity contribution in [3.8, 4) is 0 Å². The number of pyridine rings is 1. The van der Waals surface area contributed by atoms with Gasteiger partial charge in [0.15, 0.2) is 6.23 Å². The second-order valence-corrected chi connectivity index (χ2v) is 5.88. The largest absolute Gasteiger partial charge is 0.507 e. The van der Waals surface area contributed by atoms with E-state index in [4.69, 9.17) is 33.0 Å². The van der Waals surface area contributed by atoms with Gasteiger partial charge < -0.3 is 9.84 Å². The smallest absolute Gasteiger partial charge is 0.450 e. The van der Waals surface area contributed by atoms with Crippen LogP contribution in [0.25, 0.3) is 0 Å². The van der Waals surface area contributed by atoms with E-state index < -0.39 is 18.1 Å². The van der Waals surface area contributed by atoms with Gasteiger partial charge in [-0.05, 0) is 12.5 Å². The Bertz CT molecular complexity index is 817. The van der Waals surface area contributed by atoms with Crippen LogP contribution >= 0.6 is 23.2 Å². The predicted octanol–water partition coefficient (Wildman–Crippen LogP) is 2.32. The van der Waals surface area contributed by atoms with E-state index in [9.17, 15) is 9.59 Å². The summed E-state index contributed by atoms with van der Waals surface area (Å²) in [6.45, 7) is 0.0641. The zero-order chi connectivity index (χ0) is 16.6. The summed E-state index contributed by atoms with van der Waals surface area (Å²) in [5.41, 5.74) is -0.0110. The molecule has 0 unspecified atom stereocenters. The molecule has 0 aromatic carbocycles. The Labute approximate surface area is 140 Å². The molecule has 3 heterocycles. The Balaban J connectivity index is 1.95. The van der Waals surface area contributed by atoms with Gasteiger partial charge in [0.25, 0.3) is 0 Å². The minimum absolute atomic E-state index is 0.0641. The Morgan fingerprint density at radius 1 is 1.48 bits per heavy atom. The lowest BCUT2D eigenvalue weighted by molar-refractivity contribution is 0.00392. The molecule has 0 amide bonds. The summed E-state index contributed by atoms with van der Waals surface area (Å²) in [4.78, 5) is 27.3. The van der Waals surface area contributed by atoms with E-state index in [2.05, 4.69) is 10.1 Å². The molecule has 1 N–H and O–H groups in total. The van der Waals surface area contributed by atoms with Crippen molar-refractivity contribution in [1.29, 1.82) is 0 Å². The molecule has 1 atom stereocenters. The second-order valence-electron chi connectivity index (χ2n) is 5.04. The van der Waals surface area contributed by atoms with Crippen molar-refractivity contribution >= 4 is 29.4 Å². The third-order valence-electron chi connectivity index (χ3n) is 3.50. The van der Waals surface area contributed by atoms with Crippen molar-refractivity contribution < 1.29 is 14.6 Å². The number of fused-ring (bicyclic) bond motifs is 1. The second kappa shape index (κ2) is 6.21. The molecule has 0 spiro atoms. The van der Waals surface area contributed by atoms with Crippen molar-refractivity contribution in [3.63, 3.8) is 0 Å². The van der Waals surface area contributed by atoms with Gasteiger partial charge in [-0.25, -0.2) is 18.8 Å². The standard InChI is InChI=1S/C13H12Cl2N4O4/c14-7-4-8(15)9(16-5-7)6-18-12(20)19-10(17-18)2-1-3-11(19)23-13(21)22/h4-5,11H,1-3,6H2,(H,21,22)/t11-/m0/s1. The van der Waals surface area contributed by atoms with Crippen LogP contribution in [0.5, 0.6) is 0 Å². The van der Waals surface area contributed by atoms with Gasteiger partial charge in [0.05, 0.1) is 22.3 Å². The molecular formula is C13H12Cl2N4O4. The van der Waals surface area contributed by atoms with Crippen LogP contribution in [-0.2, 0) is 17.7 Å². The van der Waals surface area contributed by atoms with Crippen LogP contribution in [0.4, 0.5) is 4.79 Å². The number of aryl methyl sites for hydroxylation is 1. The van der Waals surface area contributed by atoms with Gasteiger partial charge in [0, 0.05) is 19.0 Å². The van der Waals surface area contributed by atoms with E-state index in [1.54, 1.807) is 0 Å². The molecule has 23 heavy (non-hydrogen) atoms. The number of hydrogen-bond donors (Lipinski definition) is 1. The highest BCUT2D eigenvalue weighted by atomic mass is 35.5. The van der Waals surface area contributed by atoms with Gasteiger partial charge >= 0.3 is 11.8 Å². The number of carboxylic acid groups (broad SMARTS) is 1. The Morgan fingerprint density at radius 3 is 2.96 bits per heavy atom. The van der Waals surface area contributed by atoms with Crippen molar-refractivity contribution in [2.24, 2.45) is 0 Å². The fourth-order valence-electron chi connectivity index (χ4n) is 2.52. The quantitative estimate of drug-likeness (QED) is 0.845. The van der Waals surface area contributed by atoms with Crippen LogP contribution in [0.2, 0.25) is 10.0 Å². The van der Waals surface area contributed by atoms with E-state index in [1.165, 1.54) is 21.5 Å². The van der Waals surface area contributed by atoms with E-state index in [0.29, 0.717) is 40.8 Å². The minimum Gasteiger partial charge on any atom is -0.450 e. The fourth-order valence-corrected chi connectivity index (χ4v) is 2.96. The average Bonchev–Trinajstić information content (AvgIpc) is 2.79. The average molecular weight is 359 g/mol. The fraction of sp³-hybridized carbons (Fsp3) is 0.385. The molecule has 0 saturated carbocycles. The predicted molar refractivity (Wildman–Crippen MR) is 80.9 cm³/mol. The van der Waals surface area contributed by atoms with Gasteiger partial charge in [0.1, 0.15) is 5.82 Å². The van der Waals surface area contributed by atoms with Crippen molar-refractivity contribution in [3.05, 3.63) is 44.3 Å². The highest BCUT2D eigenvalue weighted by Crippen LogP contribution is 2.23. The van der Waals surface area contributed by atoms with Crippen LogP contribution in [0.15, 0.2) is 17.1 Å². The molecule has 1 aliphatic heterocycles. The first-order chi connectivity index (χ1) is 11.0. The summed E-state index contributed by atoms with van der Waals surface area (Å²) in [5, 5.41) is 13.7. The van der Waals surface area contributed by atoms with E-state index in [0.717, 1.165) is 0 Å². The highest BCUT2D eigenvalue weighted by molar-refractivity contribution is 6.34. The topological polar surface area (TPSA) is 99.2 Å². The molecule has 0 bridgehead atoms. The first kappa shape index (κ1) is 15.8. The third kappa shape index (κ3) is 3.18. The maximum atomic E-state index is 12.5. The third-order valence-corrected chi connectivity index (χ3v) is 4.03. The summed E-state index contributed by atoms with van der Waals surface area (Å²) >= 11 is 11.9. The highest BCUT2D eigenvalue weighted by Gasteiger charge is 2.28. The number of hydrogen-bond acceptors (Lipinski definition) is 5. The van der Waals surface area contributed by atoms with E-state index >= 15 is 0 Å². The lowest BCUT2D eigenvalue weighted by atomic mass is 10.1. The van der Waals surface area contributed by atoms with Gasteiger partial charge in [-0.2, -0.15) is 5.10 Å². The Kier molecular flexibility index (Phi) is 4.27. The summed E-state index contributed by atoms with van der Waals surface area (Å²) in [5.74, 6) is 0.484. The summed E-state index contributed by atoms with van der Waals surface area (Å²) in [7, 11) is 0. The molecule has 3 rings (SSSR count). The van der Waals surface area contributed by atoms with Crippen molar-refractivity contribution in [2.45, 2.75) is 32.0 Å². The summed E-state index contributed by atoms with van der Waals surface area (Å²) < 4.78 is 7.23. The normalized spacial score (nSPS) is 16.9. The van der Waals surface area contributed by atoms with Gasteiger partial charge in [-0.1, -0.05) is 23.2 Å². The molecule has 10 heteroatoms. The molecule has 0 aliphatic carbocycles. The molecular weight excluding hydrogens is 347 g/mol. The monoisotopic (exact) mass is 358 g/mol. The first-order valence-corrected chi connectivity index (χ1v) is 7.59. The number of halogens is 2. The number of carbonyl (C=O) groups is 1. The van der Waals surface area contributed by atoms with Gasteiger partial charge in [0.2, 0.25) is 0 Å². The van der Waals surface area contributed by atoms with E-state index in [1.807, 2.05) is 0 Å². The summed E-state index contributed by atoms with van der Waals surface area (Å²) in [6, 6.07) is 1.53. The van der Waals surface area contributed by atoms with Crippen LogP contribution in [-0.4, -0.2) is 30.6 Å². The molecule has 122 valence electrons. The molecule has 1 aliphatic rings. The number of nitrogens with zero attached hydrogens (tertiary/aromatic N) is 4. The summed E-state index contributed by atoms with van der Waals surface area (Å²) in [6.07, 6.45) is 0.846. The SMILES string of the molecule is O=C(O)O[C@H]1CCCc2nn(Cc3ncc(Cl)cc3Cl)c(=O)n21. The zero-order valence-corrected chi connectivity index (χ0v) is 13.3. The Hall–Kier alpha value is -2.06. The molecule has 0 radical (unpaired) electrons. The Morgan fingerprint density at radius 2 is 2.26 bits per heavy atom. The van der Waals surface area contributed by atoms with Crippen LogP contribution in [0.3, 0.4) is 0 Å². The molecule has 0 fully saturated rings. The number of aromatic nitrogens is 4.